The van der Waals surface area contributed by atoms with Gasteiger partial charge in [-0.25, -0.2) is 14.6 Å². The molecule has 2 aliphatic heterocycles. The summed E-state index contributed by atoms with van der Waals surface area (Å²) < 4.78 is 15.2. The van der Waals surface area contributed by atoms with Crippen LogP contribution in [-0.2, 0) is 33.4 Å². The van der Waals surface area contributed by atoms with Crippen LogP contribution in [0.25, 0.3) is 0 Å². The van der Waals surface area contributed by atoms with Gasteiger partial charge in [0.1, 0.15) is 17.1 Å². The van der Waals surface area contributed by atoms with E-state index in [0.29, 0.717) is 11.4 Å². The number of thiazole rings is 1. The number of β-lactam (4-membered cyclic amide) rings is 1. The van der Waals surface area contributed by atoms with Crippen molar-refractivity contribution in [2.75, 3.05) is 24.7 Å². The molecule has 0 spiro atoms. The number of nitrogens with zero attached hydrogens (tertiary/aromatic N) is 3. The Morgan fingerprint density at radius 2 is 2.14 bits per heavy atom. The molecular formula is C20H23N5O9S3. The van der Waals surface area contributed by atoms with Crippen LogP contribution >= 0.6 is 35.3 Å². The van der Waals surface area contributed by atoms with E-state index in [4.69, 9.17) is 42.1 Å². The molecule has 2 unspecified atom stereocenters. The number of ether oxygens (including phenoxy) is 3. The average Bonchev–Trinajstić information content (AvgIpc) is 3.25. The van der Waals surface area contributed by atoms with Crippen LogP contribution in [0.1, 0.15) is 26.5 Å². The van der Waals surface area contributed by atoms with Crippen LogP contribution in [-0.4, -0.2) is 86.4 Å². The van der Waals surface area contributed by atoms with E-state index in [2.05, 4.69) is 15.5 Å². The van der Waals surface area contributed by atoms with Crippen LogP contribution in [0.3, 0.4) is 0 Å². The fourth-order valence-electron chi connectivity index (χ4n) is 3.24. The predicted molar refractivity (Wildman–Crippen MR) is 136 cm³/mol. The highest BCUT2D eigenvalue weighted by atomic mass is 32.2. The van der Waals surface area contributed by atoms with E-state index >= 15 is 0 Å². The van der Waals surface area contributed by atoms with Crippen molar-refractivity contribution in [1.82, 2.24) is 15.2 Å². The second-order valence-corrected chi connectivity index (χ2v) is 9.81. The Balaban J connectivity index is 1.70. The van der Waals surface area contributed by atoms with Gasteiger partial charge in [0.2, 0.25) is 17.9 Å². The van der Waals surface area contributed by atoms with Crippen molar-refractivity contribution < 1.29 is 43.3 Å². The van der Waals surface area contributed by atoms with Crippen LogP contribution in [0.5, 0.6) is 0 Å². The normalized spacial score (nSPS) is 19.8. The first-order chi connectivity index (χ1) is 17.5. The van der Waals surface area contributed by atoms with E-state index in [1.165, 1.54) is 29.0 Å². The summed E-state index contributed by atoms with van der Waals surface area (Å²) >= 11 is 7.80. The topological polar surface area (TPSA) is 192 Å². The summed E-state index contributed by atoms with van der Waals surface area (Å²) in [6, 6.07) is -0.947. The number of carbonyl (C=O) groups is 4. The summed E-state index contributed by atoms with van der Waals surface area (Å²) in [4.78, 5) is 58.4. The third-order valence-corrected chi connectivity index (χ3v) is 7.15. The molecule has 14 nitrogen and oxygen atoms in total. The number of hydrogen-bond acceptors (Lipinski definition) is 14. The Morgan fingerprint density at radius 3 is 2.76 bits per heavy atom. The maximum Gasteiger partial charge on any atom is 0.511 e. The number of fused-ring (bicyclic) bond motifs is 1. The molecule has 1 fully saturated rings. The lowest BCUT2D eigenvalue weighted by molar-refractivity contribution is -0.144. The zero-order valence-electron chi connectivity index (χ0n) is 19.8. The zero-order chi connectivity index (χ0) is 27.3. The van der Waals surface area contributed by atoms with Gasteiger partial charge in [0.05, 0.1) is 12.3 Å². The lowest BCUT2D eigenvalue weighted by Gasteiger charge is -2.50. The Labute approximate surface area is 224 Å². The molecule has 1 aromatic heterocycles. The second kappa shape index (κ2) is 12.2. The lowest BCUT2D eigenvalue weighted by Crippen LogP contribution is -2.71. The second-order valence-electron chi connectivity index (χ2n) is 7.44. The van der Waals surface area contributed by atoms with Gasteiger partial charge >= 0.3 is 12.1 Å². The minimum Gasteiger partial charge on any atom is -0.479 e. The summed E-state index contributed by atoms with van der Waals surface area (Å²) in [5.74, 6) is -2.08. The first-order valence-corrected chi connectivity index (χ1v) is 13.0. The number of hydrogen-bond donors (Lipinski definition) is 3. The number of aliphatic carboxylic acids is 1. The van der Waals surface area contributed by atoms with Crippen molar-refractivity contribution in [3.8, 4) is 0 Å². The Hall–Kier alpha value is -3.44. The fraction of sp³-hybridized carbons (Fsp3) is 0.450. The molecule has 3 atom stereocenters. The molecular weight excluding hydrogens is 550 g/mol. The van der Waals surface area contributed by atoms with Crippen LogP contribution in [0.15, 0.2) is 21.8 Å². The van der Waals surface area contributed by atoms with Crippen molar-refractivity contribution in [3.05, 3.63) is 22.3 Å². The van der Waals surface area contributed by atoms with E-state index in [9.17, 15) is 19.2 Å². The number of carboxylic acids is 1. The number of nitrogen functional groups attached to an aromatic ring is 1. The molecule has 200 valence electrons. The lowest BCUT2D eigenvalue weighted by atomic mass is 10.0. The van der Waals surface area contributed by atoms with E-state index < -0.39 is 48.3 Å². The van der Waals surface area contributed by atoms with Gasteiger partial charge in [0.25, 0.3) is 11.8 Å². The minimum absolute atomic E-state index is 0.0556. The van der Waals surface area contributed by atoms with E-state index in [1.54, 1.807) is 13.8 Å². The van der Waals surface area contributed by atoms with E-state index in [-0.39, 0.29) is 28.2 Å². The molecule has 3 rings (SSSR count). The zero-order valence-corrected chi connectivity index (χ0v) is 22.2. The van der Waals surface area contributed by atoms with Gasteiger partial charge in [-0.2, -0.15) is 0 Å². The quantitative estimate of drug-likeness (QED) is 0.0900. The number of nitrogens with two attached hydrogens (primary N) is 1. The molecule has 0 aliphatic carbocycles. The molecule has 17 heteroatoms. The maximum atomic E-state index is 13.1. The number of nitrogens with one attached hydrogen (secondary N) is 1. The van der Waals surface area contributed by atoms with Crippen LogP contribution in [0.2, 0.25) is 0 Å². The van der Waals surface area contributed by atoms with Gasteiger partial charge in [-0.05, 0) is 31.6 Å². The molecule has 3 heterocycles. The van der Waals surface area contributed by atoms with Crippen molar-refractivity contribution in [2.45, 2.75) is 38.5 Å². The van der Waals surface area contributed by atoms with Crippen molar-refractivity contribution in [3.63, 3.8) is 0 Å². The predicted octanol–water partition coefficient (Wildman–Crippen LogP) is 1.07. The summed E-state index contributed by atoms with van der Waals surface area (Å²) in [6.07, 6.45) is -1.99. The van der Waals surface area contributed by atoms with E-state index in [0.717, 1.165) is 16.9 Å². The molecule has 37 heavy (non-hydrogen) atoms. The number of anilines is 1. The number of thioether (sulfide) groups is 1. The minimum atomic E-state index is -1.29. The molecule has 1 saturated heterocycles. The van der Waals surface area contributed by atoms with Crippen molar-refractivity contribution >= 4 is 75.1 Å². The summed E-state index contributed by atoms with van der Waals surface area (Å²) in [6.45, 7) is 4.20. The van der Waals surface area contributed by atoms with E-state index in [1.807, 2.05) is 0 Å². The number of carboxylic acid groups (broad SMARTS) is 1. The average molecular weight is 574 g/mol. The van der Waals surface area contributed by atoms with Gasteiger partial charge in [0.15, 0.2) is 10.8 Å². The molecule has 4 N–H and O–H groups in total. The van der Waals surface area contributed by atoms with Crippen LogP contribution in [0, 0.1) is 0 Å². The standard InChI is InChI=1S/C20H23N5O9S3/c1-4-31-20(30)34-9(3)33-18(35)14-8(2)6-36-17-13(16(29)25(14)17)23-15(28)12(24-32-5-11(26)27)10-7-37-19(21)22-10/h7,9,13,17H,4-6H2,1-3H3,(H2,21,22)(H,23,28)(H,26,27)/t9?,13?,17-/m1/s1. The van der Waals surface area contributed by atoms with Gasteiger partial charge < -0.3 is 35.2 Å². The molecule has 1 aromatic rings. The van der Waals surface area contributed by atoms with Crippen molar-refractivity contribution in [2.24, 2.45) is 5.16 Å². The largest absolute Gasteiger partial charge is 0.511 e. The smallest absolute Gasteiger partial charge is 0.479 e. The van der Waals surface area contributed by atoms with Gasteiger partial charge in [-0.15, -0.1) is 23.1 Å². The Bertz CT molecular complexity index is 1170. The highest BCUT2D eigenvalue weighted by Crippen LogP contribution is 2.41. The number of oxime groups is 1. The van der Waals surface area contributed by atoms with Crippen molar-refractivity contribution in [1.29, 1.82) is 0 Å². The summed E-state index contributed by atoms with van der Waals surface area (Å²) in [5.41, 5.74) is 6.46. The number of aromatic nitrogens is 1. The number of thiocarbonyl (C=S) groups is 1. The molecule has 0 aromatic carbocycles. The first kappa shape index (κ1) is 28.1. The highest BCUT2D eigenvalue weighted by Gasteiger charge is 2.53. The third kappa shape index (κ3) is 6.66. The molecule has 0 bridgehead atoms. The number of carbonyl (C=O) groups excluding carboxylic acids is 3. The molecule has 2 aliphatic rings. The molecule has 0 radical (unpaired) electrons. The van der Waals surface area contributed by atoms with Crippen LogP contribution in [0.4, 0.5) is 9.93 Å². The monoisotopic (exact) mass is 573 g/mol. The summed E-state index contributed by atoms with van der Waals surface area (Å²) in [7, 11) is 0. The summed E-state index contributed by atoms with van der Waals surface area (Å²) in [5, 5.41) is 16.0. The highest BCUT2D eigenvalue weighted by molar-refractivity contribution is 8.00. The first-order valence-electron chi connectivity index (χ1n) is 10.7. The Kier molecular flexibility index (Phi) is 9.28. The molecule has 0 saturated carbocycles. The van der Waals surface area contributed by atoms with Gasteiger partial charge in [0, 0.05) is 18.1 Å². The number of rotatable bonds is 10. The maximum absolute atomic E-state index is 13.1. The third-order valence-electron chi connectivity index (χ3n) is 4.76. The van der Waals surface area contributed by atoms with Gasteiger partial charge in [-0.1, -0.05) is 5.16 Å². The fourth-order valence-corrected chi connectivity index (χ4v) is 5.49. The van der Waals surface area contributed by atoms with Gasteiger partial charge in [-0.3, -0.25) is 14.5 Å². The Morgan fingerprint density at radius 1 is 1.41 bits per heavy atom. The molecule has 2 amide bonds. The van der Waals surface area contributed by atoms with Crippen LogP contribution < -0.4 is 11.1 Å². The SMILES string of the molecule is CCOC(=O)OC(C)OC(=S)C1=C(C)CS[C@@H]2C(NC(=O)C(=NOCC(=O)O)c3csc(N)n3)C(=O)N12. The number of amides is 2.